The number of hydrogen-bond acceptors (Lipinski definition) is 4. The molecule has 0 bridgehead atoms. The molecular weight excluding hydrogens is 436 g/mol. The first-order chi connectivity index (χ1) is 14.8. The van der Waals surface area contributed by atoms with Gasteiger partial charge in [0, 0.05) is 17.1 Å². The predicted molar refractivity (Wildman–Crippen MR) is 122 cm³/mol. The lowest BCUT2D eigenvalue weighted by atomic mass is 10.2. The summed E-state index contributed by atoms with van der Waals surface area (Å²) in [5, 5.41) is 3.24. The van der Waals surface area contributed by atoms with E-state index in [-0.39, 0.29) is 17.1 Å². The van der Waals surface area contributed by atoms with E-state index in [0.29, 0.717) is 22.9 Å². The monoisotopic (exact) mass is 458 g/mol. The molecule has 2 N–H and O–H groups in total. The maximum Gasteiger partial charge on any atom is 0.255 e. The van der Waals surface area contributed by atoms with Gasteiger partial charge in [-0.2, -0.15) is 0 Å². The number of aryl methyl sites for hydroxylation is 1. The van der Waals surface area contributed by atoms with Crippen molar-refractivity contribution in [2.45, 2.75) is 25.3 Å². The Bertz CT molecular complexity index is 1160. The molecule has 0 unspecified atom stereocenters. The van der Waals surface area contributed by atoms with Crippen LogP contribution in [-0.4, -0.2) is 20.9 Å². The topological polar surface area (TPSA) is 84.5 Å². The van der Waals surface area contributed by atoms with E-state index in [0.717, 1.165) is 11.1 Å². The van der Waals surface area contributed by atoms with Gasteiger partial charge in [-0.3, -0.25) is 4.79 Å². The van der Waals surface area contributed by atoms with E-state index in [1.165, 1.54) is 18.2 Å². The number of sulfonamides is 1. The molecule has 0 aromatic heterocycles. The van der Waals surface area contributed by atoms with Crippen molar-refractivity contribution in [3.05, 3.63) is 88.4 Å². The molecule has 0 heterocycles. The van der Waals surface area contributed by atoms with Crippen molar-refractivity contribution in [1.29, 1.82) is 0 Å². The van der Waals surface area contributed by atoms with Gasteiger partial charge in [0.2, 0.25) is 10.0 Å². The summed E-state index contributed by atoms with van der Waals surface area (Å²) < 4.78 is 33.8. The number of ether oxygens (including phenoxy) is 1. The molecule has 0 radical (unpaired) electrons. The summed E-state index contributed by atoms with van der Waals surface area (Å²) >= 11 is 5.87. The summed E-state index contributed by atoms with van der Waals surface area (Å²) in [6, 6.07) is 18.3. The Kier molecular flexibility index (Phi) is 7.33. The quantitative estimate of drug-likeness (QED) is 0.508. The number of carbonyl (C=O) groups is 1. The van der Waals surface area contributed by atoms with Crippen LogP contribution >= 0.6 is 11.6 Å². The van der Waals surface area contributed by atoms with Gasteiger partial charge in [-0.25, -0.2) is 13.1 Å². The number of carbonyl (C=O) groups excluding carboxylic acids is 1. The highest BCUT2D eigenvalue weighted by atomic mass is 35.5. The van der Waals surface area contributed by atoms with Crippen molar-refractivity contribution in [3.63, 3.8) is 0 Å². The third kappa shape index (κ3) is 6.07. The van der Waals surface area contributed by atoms with Crippen LogP contribution in [0.5, 0.6) is 5.75 Å². The molecule has 0 saturated heterocycles. The largest absolute Gasteiger partial charge is 0.492 e. The smallest absolute Gasteiger partial charge is 0.255 e. The minimum Gasteiger partial charge on any atom is -0.492 e. The first-order valence-electron chi connectivity index (χ1n) is 9.67. The fraction of sp³-hybridized carbons (Fsp3) is 0.174. The molecule has 0 atom stereocenters. The number of halogens is 1. The van der Waals surface area contributed by atoms with E-state index in [1.54, 1.807) is 31.2 Å². The van der Waals surface area contributed by atoms with Crippen LogP contribution in [0.15, 0.2) is 71.6 Å². The van der Waals surface area contributed by atoms with Gasteiger partial charge < -0.3 is 10.1 Å². The van der Waals surface area contributed by atoms with Crippen LogP contribution in [0.4, 0.5) is 5.69 Å². The summed E-state index contributed by atoms with van der Waals surface area (Å²) in [7, 11) is -3.80. The molecule has 0 aliphatic carbocycles. The van der Waals surface area contributed by atoms with Crippen molar-refractivity contribution >= 4 is 33.2 Å². The summed E-state index contributed by atoms with van der Waals surface area (Å²) in [5.41, 5.74) is 2.59. The maximum atomic E-state index is 12.8. The van der Waals surface area contributed by atoms with Gasteiger partial charge in [0.25, 0.3) is 5.91 Å². The minimum absolute atomic E-state index is 0.0227. The van der Waals surface area contributed by atoms with Gasteiger partial charge in [-0.1, -0.05) is 41.4 Å². The molecule has 31 heavy (non-hydrogen) atoms. The van der Waals surface area contributed by atoms with Crippen molar-refractivity contribution < 1.29 is 17.9 Å². The summed E-state index contributed by atoms with van der Waals surface area (Å²) in [4.78, 5) is 12.6. The Hall–Kier alpha value is -2.87. The molecule has 3 aromatic rings. The van der Waals surface area contributed by atoms with Crippen LogP contribution in [0, 0.1) is 6.92 Å². The van der Waals surface area contributed by atoms with Crippen LogP contribution in [0.1, 0.15) is 28.4 Å². The number of amides is 1. The van der Waals surface area contributed by atoms with Crippen molar-refractivity contribution in [3.8, 4) is 5.75 Å². The van der Waals surface area contributed by atoms with Crippen LogP contribution in [-0.2, 0) is 16.6 Å². The SMILES string of the molecule is CCOc1ccc(S(=O)(=O)NCc2ccc(C)cc2)cc1NC(=O)c1ccc(Cl)cc1. The molecule has 3 rings (SSSR count). The molecule has 0 aliphatic heterocycles. The molecule has 6 nitrogen and oxygen atoms in total. The van der Waals surface area contributed by atoms with E-state index in [9.17, 15) is 13.2 Å². The number of rotatable bonds is 8. The third-order valence-electron chi connectivity index (χ3n) is 4.50. The maximum absolute atomic E-state index is 12.8. The molecule has 0 spiro atoms. The zero-order chi connectivity index (χ0) is 22.4. The molecule has 0 fully saturated rings. The number of benzene rings is 3. The number of anilines is 1. The molecule has 162 valence electrons. The lowest BCUT2D eigenvalue weighted by Gasteiger charge is -2.14. The van der Waals surface area contributed by atoms with Gasteiger partial charge >= 0.3 is 0 Å². The zero-order valence-corrected chi connectivity index (χ0v) is 18.8. The van der Waals surface area contributed by atoms with Crippen molar-refractivity contribution in [1.82, 2.24) is 4.72 Å². The van der Waals surface area contributed by atoms with E-state index in [4.69, 9.17) is 16.3 Å². The number of nitrogens with one attached hydrogen (secondary N) is 2. The van der Waals surface area contributed by atoms with Gasteiger partial charge in [0.05, 0.1) is 17.2 Å². The predicted octanol–water partition coefficient (Wildman–Crippen LogP) is 4.78. The van der Waals surface area contributed by atoms with E-state index >= 15 is 0 Å². The average molecular weight is 459 g/mol. The Morgan fingerprint density at radius 2 is 1.68 bits per heavy atom. The molecule has 3 aromatic carbocycles. The van der Waals surface area contributed by atoms with Crippen LogP contribution in [0.2, 0.25) is 5.02 Å². The van der Waals surface area contributed by atoms with Gasteiger partial charge in [0.1, 0.15) is 5.75 Å². The molecule has 8 heteroatoms. The van der Waals surface area contributed by atoms with Gasteiger partial charge in [0.15, 0.2) is 0 Å². The third-order valence-corrected chi connectivity index (χ3v) is 6.15. The van der Waals surface area contributed by atoms with Crippen molar-refractivity contribution in [2.24, 2.45) is 0 Å². The molecule has 1 amide bonds. The highest BCUT2D eigenvalue weighted by Crippen LogP contribution is 2.28. The normalized spacial score (nSPS) is 11.2. The highest BCUT2D eigenvalue weighted by Gasteiger charge is 2.18. The first-order valence-corrected chi connectivity index (χ1v) is 11.5. The molecule has 0 saturated carbocycles. The van der Waals surface area contributed by atoms with Crippen LogP contribution in [0.25, 0.3) is 0 Å². The van der Waals surface area contributed by atoms with Crippen LogP contribution < -0.4 is 14.8 Å². The highest BCUT2D eigenvalue weighted by molar-refractivity contribution is 7.89. The first kappa shape index (κ1) is 22.8. The minimum atomic E-state index is -3.80. The fourth-order valence-electron chi connectivity index (χ4n) is 2.82. The van der Waals surface area contributed by atoms with E-state index in [1.807, 2.05) is 31.2 Å². The number of hydrogen-bond donors (Lipinski definition) is 2. The standard InChI is InChI=1S/C23H23ClN2O4S/c1-3-30-22-13-12-20(31(28,29)25-15-17-6-4-16(2)5-7-17)14-21(22)26-23(27)18-8-10-19(24)11-9-18/h4-14,25H,3,15H2,1-2H3,(H,26,27). The van der Waals surface area contributed by atoms with E-state index < -0.39 is 15.9 Å². The summed E-state index contributed by atoms with van der Waals surface area (Å²) in [5.74, 6) is -0.0259. The second-order valence-corrected chi connectivity index (χ2v) is 9.07. The summed E-state index contributed by atoms with van der Waals surface area (Å²) in [6.07, 6.45) is 0. The zero-order valence-electron chi connectivity index (χ0n) is 17.2. The van der Waals surface area contributed by atoms with Gasteiger partial charge in [-0.15, -0.1) is 0 Å². The lowest BCUT2D eigenvalue weighted by Crippen LogP contribution is -2.23. The fourth-order valence-corrected chi connectivity index (χ4v) is 3.99. The summed E-state index contributed by atoms with van der Waals surface area (Å²) in [6.45, 7) is 4.29. The Balaban J connectivity index is 1.83. The van der Waals surface area contributed by atoms with Crippen LogP contribution in [0.3, 0.4) is 0 Å². The Morgan fingerprint density at radius 1 is 1.00 bits per heavy atom. The average Bonchev–Trinajstić information content (AvgIpc) is 2.75. The second kappa shape index (κ2) is 9.96. The second-order valence-electron chi connectivity index (χ2n) is 6.86. The van der Waals surface area contributed by atoms with Gasteiger partial charge in [-0.05, 0) is 61.9 Å². The van der Waals surface area contributed by atoms with Crippen molar-refractivity contribution in [2.75, 3.05) is 11.9 Å². The van der Waals surface area contributed by atoms with E-state index in [2.05, 4.69) is 10.0 Å². The molecule has 0 aliphatic rings. The lowest BCUT2D eigenvalue weighted by molar-refractivity contribution is 0.102. The Labute approximate surface area is 187 Å². The molecular formula is C23H23ClN2O4S. The Morgan fingerprint density at radius 3 is 2.32 bits per heavy atom.